The normalized spacial score (nSPS) is 19.2. The molecule has 3 heterocycles. The van der Waals surface area contributed by atoms with Gasteiger partial charge in [0.15, 0.2) is 5.96 Å². The Morgan fingerprint density at radius 2 is 1.77 bits per heavy atom. The molecule has 2 aliphatic heterocycles. The van der Waals surface area contributed by atoms with Gasteiger partial charge < -0.3 is 19.6 Å². The number of hydrogen-bond donors (Lipinski definition) is 1. The average molecular weight is 569 g/mol. The number of hydrogen-bond acceptors (Lipinski definition) is 7. The monoisotopic (exact) mass is 569 g/mol. The summed E-state index contributed by atoms with van der Waals surface area (Å²) in [6.45, 7) is 8.51. The molecule has 0 atom stereocenters. The minimum absolute atomic E-state index is 0. The predicted molar refractivity (Wildman–Crippen MR) is 128 cm³/mol. The first-order chi connectivity index (χ1) is 14.4. The third-order valence-electron chi connectivity index (χ3n) is 5.49. The molecule has 2 fully saturated rings. The van der Waals surface area contributed by atoms with E-state index in [0.717, 1.165) is 45.2 Å². The van der Waals surface area contributed by atoms with E-state index in [9.17, 15) is 13.2 Å². The van der Waals surface area contributed by atoms with Crippen molar-refractivity contribution in [1.82, 2.24) is 29.5 Å². The van der Waals surface area contributed by atoms with Gasteiger partial charge in [-0.25, -0.2) is 8.42 Å². The maximum Gasteiger partial charge on any atom is 0.220 e. The second kappa shape index (κ2) is 12.0. The quantitative estimate of drug-likeness (QED) is 0.277. The smallest absolute Gasteiger partial charge is 0.220 e. The minimum atomic E-state index is -3.42. The van der Waals surface area contributed by atoms with Gasteiger partial charge >= 0.3 is 0 Å². The van der Waals surface area contributed by atoms with E-state index in [-0.39, 0.29) is 35.6 Å². The van der Waals surface area contributed by atoms with Crippen LogP contribution in [0.25, 0.3) is 0 Å². The molecule has 1 aromatic heterocycles. The van der Waals surface area contributed by atoms with E-state index < -0.39 is 10.0 Å². The van der Waals surface area contributed by atoms with E-state index in [0.29, 0.717) is 31.9 Å². The largest absolute Gasteiger partial charge is 0.364 e. The Balaban J connectivity index is 0.00000341. The number of nitrogens with zero attached hydrogens (tertiary/aromatic N) is 6. The molecule has 176 valence electrons. The lowest BCUT2D eigenvalue weighted by Crippen LogP contribution is -2.55. The molecule has 11 nitrogen and oxygen atoms in total. The maximum absolute atomic E-state index is 12.6. The van der Waals surface area contributed by atoms with Crippen LogP contribution < -0.4 is 5.32 Å². The van der Waals surface area contributed by atoms with Crippen LogP contribution in [0.2, 0.25) is 0 Å². The second-order valence-electron chi connectivity index (χ2n) is 7.45. The van der Waals surface area contributed by atoms with Crippen LogP contribution in [0.5, 0.6) is 0 Å². The van der Waals surface area contributed by atoms with Gasteiger partial charge in [0.25, 0.3) is 0 Å². The van der Waals surface area contributed by atoms with Crippen molar-refractivity contribution in [3.8, 4) is 0 Å². The van der Waals surface area contributed by atoms with Crippen molar-refractivity contribution in [2.24, 2.45) is 4.99 Å². The Morgan fingerprint density at radius 1 is 1.13 bits per heavy atom. The number of nitrogens with one attached hydrogen (secondary N) is 1. The summed E-state index contributed by atoms with van der Waals surface area (Å²) in [7, 11) is -1.68. The van der Waals surface area contributed by atoms with Gasteiger partial charge in [0.05, 0.1) is 5.69 Å². The molecule has 0 spiro atoms. The van der Waals surface area contributed by atoms with E-state index in [1.165, 1.54) is 10.6 Å². The third-order valence-corrected chi connectivity index (χ3v) is 7.31. The lowest BCUT2D eigenvalue weighted by atomic mass is 10.3. The highest BCUT2D eigenvalue weighted by Crippen LogP contribution is 2.13. The fourth-order valence-electron chi connectivity index (χ4n) is 3.71. The molecule has 31 heavy (non-hydrogen) atoms. The van der Waals surface area contributed by atoms with E-state index >= 15 is 0 Å². The van der Waals surface area contributed by atoms with Crippen LogP contribution >= 0.6 is 24.0 Å². The van der Waals surface area contributed by atoms with Gasteiger partial charge in [0, 0.05) is 85.5 Å². The number of guanidine groups is 1. The summed E-state index contributed by atoms with van der Waals surface area (Å²) in [5, 5.41) is 7.07. The summed E-state index contributed by atoms with van der Waals surface area (Å²) in [5.74, 6) is 0.772. The summed E-state index contributed by atoms with van der Waals surface area (Å²) < 4.78 is 31.3. The molecule has 0 unspecified atom stereocenters. The van der Waals surface area contributed by atoms with Gasteiger partial charge in [-0.3, -0.25) is 14.7 Å². The van der Waals surface area contributed by atoms with E-state index in [4.69, 9.17) is 4.52 Å². The standard InChI is InChI=1S/C18H31N7O4S.HI/c1-16(26)23-8-6-22(7-9-23)5-4-20-18(19-2)24-10-12-25(13-11-24)30(27,28)15-17-3-14-29-21-17;/h3,14H,4-13,15H2,1-2H3,(H,19,20);1H. The average Bonchev–Trinajstić information content (AvgIpc) is 3.24. The zero-order valence-electron chi connectivity index (χ0n) is 18.1. The molecule has 2 saturated heterocycles. The van der Waals surface area contributed by atoms with Crippen LogP contribution in [0.15, 0.2) is 21.8 Å². The Morgan fingerprint density at radius 3 is 2.32 bits per heavy atom. The molecule has 0 aliphatic carbocycles. The molecule has 13 heteroatoms. The molecule has 0 bridgehead atoms. The van der Waals surface area contributed by atoms with Gasteiger partial charge in [-0.05, 0) is 0 Å². The number of rotatable bonds is 6. The van der Waals surface area contributed by atoms with Crippen molar-refractivity contribution in [3.05, 3.63) is 18.0 Å². The van der Waals surface area contributed by atoms with Crippen molar-refractivity contribution in [2.45, 2.75) is 12.7 Å². The highest BCUT2D eigenvalue weighted by molar-refractivity contribution is 14.0. The molecule has 3 rings (SSSR count). The molecular formula is C18H32IN7O4S. The molecule has 0 saturated carbocycles. The van der Waals surface area contributed by atoms with E-state index in [2.05, 4.69) is 25.3 Å². The zero-order chi connectivity index (χ0) is 21.6. The fraction of sp³-hybridized carbons (Fsp3) is 0.722. The lowest BCUT2D eigenvalue weighted by molar-refractivity contribution is -0.130. The lowest BCUT2D eigenvalue weighted by Gasteiger charge is -2.36. The number of piperazine rings is 2. The molecule has 0 aromatic carbocycles. The number of aliphatic imine (C=N–C) groups is 1. The number of halogens is 1. The first kappa shape index (κ1) is 25.8. The van der Waals surface area contributed by atoms with Crippen LogP contribution in [0, 0.1) is 0 Å². The third kappa shape index (κ3) is 7.29. The summed E-state index contributed by atoms with van der Waals surface area (Å²) in [6.07, 6.45) is 1.38. The summed E-state index contributed by atoms with van der Waals surface area (Å²) >= 11 is 0. The summed E-state index contributed by atoms with van der Waals surface area (Å²) in [4.78, 5) is 22.0. The fourth-order valence-corrected chi connectivity index (χ4v) is 5.14. The summed E-state index contributed by atoms with van der Waals surface area (Å²) in [6, 6.07) is 1.57. The molecule has 0 radical (unpaired) electrons. The SMILES string of the molecule is CN=C(NCCN1CCN(C(C)=O)CC1)N1CCN(S(=O)(=O)Cc2ccon2)CC1.I. The van der Waals surface area contributed by atoms with Crippen molar-refractivity contribution in [2.75, 3.05) is 72.5 Å². The van der Waals surface area contributed by atoms with Crippen LogP contribution in [0.3, 0.4) is 0 Å². The van der Waals surface area contributed by atoms with Gasteiger partial charge in [0.2, 0.25) is 15.9 Å². The van der Waals surface area contributed by atoms with Gasteiger partial charge in [0.1, 0.15) is 12.0 Å². The number of carbonyl (C=O) groups excluding carboxylic acids is 1. The van der Waals surface area contributed by atoms with Crippen LogP contribution in [0.4, 0.5) is 0 Å². The van der Waals surface area contributed by atoms with Crippen molar-refractivity contribution in [3.63, 3.8) is 0 Å². The number of amides is 1. The van der Waals surface area contributed by atoms with E-state index in [1.807, 2.05) is 4.90 Å². The Labute approximate surface area is 200 Å². The molecule has 1 amide bonds. The van der Waals surface area contributed by atoms with Crippen molar-refractivity contribution in [1.29, 1.82) is 0 Å². The Kier molecular flexibility index (Phi) is 9.96. The van der Waals surface area contributed by atoms with Gasteiger partial charge in [-0.1, -0.05) is 5.16 Å². The molecular weight excluding hydrogens is 537 g/mol. The number of carbonyl (C=O) groups is 1. The molecule has 1 N–H and O–H groups in total. The second-order valence-corrected chi connectivity index (χ2v) is 9.42. The van der Waals surface area contributed by atoms with Crippen molar-refractivity contribution < 1.29 is 17.7 Å². The van der Waals surface area contributed by atoms with Gasteiger partial charge in [-0.15, -0.1) is 24.0 Å². The van der Waals surface area contributed by atoms with Crippen molar-refractivity contribution >= 4 is 45.9 Å². The topological polar surface area (TPSA) is 115 Å². The number of aromatic nitrogens is 1. The maximum atomic E-state index is 12.6. The Bertz CT molecular complexity index is 818. The first-order valence-electron chi connectivity index (χ1n) is 10.2. The molecule has 2 aliphatic rings. The Hall–Kier alpha value is -1.45. The summed E-state index contributed by atoms with van der Waals surface area (Å²) in [5.41, 5.74) is 0.416. The predicted octanol–water partition coefficient (Wildman–Crippen LogP) is -0.520. The highest BCUT2D eigenvalue weighted by Gasteiger charge is 2.29. The van der Waals surface area contributed by atoms with E-state index in [1.54, 1.807) is 20.0 Å². The highest BCUT2D eigenvalue weighted by atomic mass is 127. The van der Waals surface area contributed by atoms with Crippen LogP contribution in [0.1, 0.15) is 12.6 Å². The zero-order valence-corrected chi connectivity index (χ0v) is 21.2. The van der Waals surface area contributed by atoms with Crippen LogP contribution in [-0.4, -0.2) is 117 Å². The number of sulfonamides is 1. The van der Waals surface area contributed by atoms with Gasteiger partial charge in [-0.2, -0.15) is 4.31 Å². The van der Waals surface area contributed by atoms with Crippen LogP contribution in [-0.2, 0) is 20.6 Å². The minimum Gasteiger partial charge on any atom is -0.364 e. The molecule has 1 aromatic rings. The first-order valence-corrected chi connectivity index (χ1v) is 11.8.